The van der Waals surface area contributed by atoms with Gasteiger partial charge in [-0.3, -0.25) is 5.32 Å². The van der Waals surface area contributed by atoms with Gasteiger partial charge in [0, 0.05) is 5.69 Å². The minimum Gasteiger partial charge on any atom is -0.450 e. The summed E-state index contributed by atoms with van der Waals surface area (Å²) in [6.07, 6.45) is 4.93. The van der Waals surface area contributed by atoms with Gasteiger partial charge < -0.3 is 14.6 Å². The van der Waals surface area contributed by atoms with Gasteiger partial charge in [0.15, 0.2) is 0 Å². The molecular weight excluding hydrogens is 310 g/mol. The molecule has 0 saturated heterocycles. The largest absolute Gasteiger partial charge is 0.505 e. The van der Waals surface area contributed by atoms with Gasteiger partial charge in [-0.05, 0) is 49.8 Å². The number of hydrogen-bond donors (Lipinski definition) is 2. The lowest BCUT2D eigenvalue weighted by molar-refractivity contribution is 0.0900. The van der Waals surface area contributed by atoms with E-state index in [4.69, 9.17) is 9.84 Å². The fourth-order valence-corrected chi connectivity index (χ4v) is 2.19. The first-order chi connectivity index (χ1) is 11.6. The van der Waals surface area contributed by atoms with Crippen molar-refractivity contribution < 1.29 is 24.2 Å². The maximum atomic E-state index is 11.6. The molecule has 0 aliphatic rings. The highest BCUT2D eigenvalue weighted by Crippen LogP contribution is 2.13. The van der Waals surface area contributed by atoms with E-state index in [1.54, 1.807) is 0 Å². The van der Waals surface area contributed by atoms with Crippen LogP contribution in [0.2, 0.25) is 0 Å². The lowest BCUT2D eigenvalue weighted by Gasteiger charge is -2.08. The molecule has 1 amide bonds. The number of carbonyl (C=O) groups excluding carboxylic acids is 1. The van der Waals surface area contributed by atoms with Crippen LogP contribution < -0.4 is 5.32 Å². The Bertz CT molecular complexity index is 487. The molecule has 0 atom stereocenters. The second kappa shape index (κ2) is 12.2. The summed E-state index contributed by atoms with van der Waals surface area (Å²) >= 11 is 0. The molecule has 24 heavy (non-hydrogen) atoms. The van der Waals surface area contributed by atoms with Crippen molar-refractivity contribution in [1.29, 1.82) is 0 Å². The van der Waals surface area contributed by atoms with Crippen LogP contribution in [0.3, 0.4) is 0 Å². The van der Waals surface area contributed by atoms with Crippen LogP contribution in [-0.2, 0) is 15.9 Å². The number of anilines is 1. The SMILES string of the molecule is CCCCCOC(=O)Nc1ccc(CCCCCOC(=O)O)cc1. The number of rotatable bonds is 11. The Kier molecular flexibility index (Phi) is 10.1. The van der Waals surface area contributed by atoms with Crippen molar-refractivity contribution in [3.8, 4) is 0 Å². The van der Waals surface area contributed by atoms with Crippen LogP contribution in [0.25, 0.3) is 0 Å². The molecular formula is C18H27NO5. The third-order valence-electron chi connectivity index (χ3n) is 3.52. The lowest BCUT2D eigenvalue weighted by Crippen LogP contribution is -2.14. The van der Waals surface area contributed by atoms with E-state index in [2.05, 4.69) is 17.0 Å². The van der Waals surface area contributed by atoms with Gasteiger partial charge in [-0.15, -0.1) is 0 Å². The Morgan fingerprint density at radius 1 is 0.958 bits per heavy atom. The maximum Gasteiger partial charge on any atom is 0.505 e. The summed E-state index contributed by atoms with van der Waals surface area (Å²) in [4.78, 5) is 21.8. The highest BCUT2D eigenvalue weighted by Gasteiger charge is 2.03. The van der Waals surface area contributed by atoms with Gasteiger partial charge in [-0.1, -0.05) is 31.9 Å². The number of hydrogen-bond acceptors (Lipinski definition) is 4. The zero-order chi connectivity index (χ0) is 17.6. The number of ether oxygens (including phenoxy) is 2. The second-order valence-corrected chi connectivity index (χ2v) is 5.59. The van der Waals surface area contributed by atoms with Crippen molar-refractivity contribution in [2.75, 3.05) is 18.5 Å². The number of carboxylic acid groups (broad SMARTS) is 1. The second-order valence-electron chi connectivity index (χ2n) is 5.59. The zero-order valence-corrected chi connectivity index (χ0v) is 14.3. The Labute approximate surface area is 143 Å². The summed E-state index contributed by atoms with van der Waals surface area (Å²) in [5.74, 6) is 0. The van der Waals surface area contributed by atoms with Crippen LogP contribution in [0.5, 0.6) is 0 Å². The van der Waals surface area contributed by atoms with Crippen LogP contribution in [0.15, 0.2) is 24.3 Å². The highest BCUT2D eigenvalue weighted by molar-refractivity contribution is 5.84. The number of unbranched alkanes of at least 4 members (excludes halogenated alkanes) is 4. The van der Waals surface area contributed by atoms with E-state index in [1.807, 2.05) is 24.3 Å². The van der Waals surface area contributed by atoms with Crippen LogP contribution in [0, 0.1) is 0 Å². The summed E-state index contributed by atoms with van der Waals surface area (Å²) in [6.45, 7) is 2.80. The highest BCUT2D eigenvalue weighted by atomic mass is 16.7. The van der Waals surface area contributed by atoms with Crippen LogP contribution >= 0.6 is 0 Å². The number of nitrogens with one attached hydrogen (secondary N) is 1. The van der Waals surface area contributed by atoms with Crippen molar-refractivity contribution >= 4 is 17.9 Å². The molecule has 2 N–H and O–H groups in total. The molecule has 0 saturated carbocycles. The summed E-state index contributed by atoms with van der Waals surface area (Å²) in [7, 11) is 0. The molecule has 1 aromatic rings. The summed E-state index contributed by atoms with van der Waals surface area (Å²) < 4.78 is 9.55. The maximum absolute atomic E-state index is 11.6. The van der Waals surface area contributed by atoms with Crippen molar-refractivity contribution in [3.05, 3.63) is 29.8 Å². The lowest BCUT2D eigenvalue weighted by atomic mass is 10.1. The van der Waals surface area contributed by atoms with Crippen molar-refractivity contribution in [2.45, 2.75) is 51.9 Å². The topological polar surface area (TPSA) is 84.9 Å². The van der Waals surface area contributed by atoms with E-state index >= 15 is 0 Å². The Balaban J connectivity index is 2.18. The predicted molar refractivity (Wildman–Crippen MR) is 92.5 cm³/mol. The molecule has 0 fully saturated rings. The van der Waals surface area contributed by atoms with E-state index in [0.717, 1.165) is 44.9 Å². The molecule has 0 spiro atoms. The quantitative estimate of drug-likeness (QED) is 0.446. The number of amides is 1. The monoisotopic (exact) mass is 337 g/mol. The average molecular weight is 337 g/mol. The minimum atomic E-state index is -1.22. The van der Waals surface area contributed by atoms with Gasteiger partial charge in [-0.2, -0.15) is 0 Å². The summed E-state index contributed by atoms with van der Waals surface area (Å²) in [6, 6.07) is 7.66. The normalized spacial score (nSPS) is 10.2. The first-order valence-electron chi connectivity index (χ1n) is 8.50. The van der Waals surface area contributed by atoms with Gasteiger partial charge in [0.1, 0.15) is 0 Å². The molecule has 1 aromatic carbocycles. The molecule has 0 heterocycles. The third-order valence-corrected chi connectivity index (χ3v) is 3.52. The Hall–Kier alpha value is -2.24. The molecule has 0 aromatic heterocycles. The Morgan fingerprint density at radius 2 is 1.62 bits per heavy atom. The fraction of sp³-hybridized carbons (Fsp3) is 0.556. The molecule has 134 valence electrons. The molecule has 0 unspecified atom stereocenters. The smallest absolute Gasteiger partial charge is 0.450 e. The van der Waals surface area contributed by atoms with Gasteiger partial charge in [-0.25, -0.2) is 9.59 Å². The molecule has 0 bridgehead atoms. The number of aryl methyl sites for hydroxylation is 1. The van der Waals surface area contributed by atoms with E-state index < -0.39 is 12.2 Å². The third kappa shape index (κ3) is 9.71. The molecule has 6 heteroatoms. The molecule has 0 aliphatic heterocycles. The van der Waals surface area contributed by atoms with Crippen LogP contribution in [0.4, 0.5) is 15.3 Å². The summed E-state index contributed by atoms with van der Waals surface area (Å²) in [5, 5.41) is 11.1. The standard InChI is InChI=1S/C18H27NO5/c1-2-3-6-13-23-17(20)19-16-11-9-15(10-12-16)8-5-4-7-14-24-18(21)22/h9-12H,2-8,13-14H2,1H3,(H,19,20)(H,21,22). The first-order valence-corrected chi connectivity index (χ1v) is 8.50. The van der Waals surface area contributed by atoms with Crippen molar-refractivity contribution in [1.82, 2.24) is 0 Å². The van der Waals surface area contributed by atoms with E-state index in [-0.39, 0.29) is 6.61 Å². The van der Waals surface area contributed by atoms with Crippen LogP contribution in [0.1, 0.15) is 51.0 Å². The van der Waals surface area contributed by atoms with Crippen molar-refractivity contribution in [2.24, 2.45) is 0 Å². The Morgan fingerprint density at radius 3 is 2.29 bits per heavy atom. The first kappa shape index (κ1) is 19.8. The van der Waals surface area contributed by atoms with Crippen LogP contribution in [-0.4, -0.2) is 30.6 Å². The van der Waals surface area contributed by atoms with Crippen molar-refractivity contribution in [3.63, 3.8) is 0 Å². The van der Waals surface area contributed by atoms with Gasteiger partial charge in [0.2, 0.25) is 0 Å². The average Bonchev–Trinajstić information content (AvgIpc) is 2.56. The van der Waals surface area contributed by atoms with Gasteiger partial charge >= 0.3 is 12.2 Å². The minimum absolute atomic E-state index is 0.249. The van der Waals surface area contributed by atoms with Gasteiger partial charge in [0.25, 0.3) is 0 Å². The number of benzene rings is 1. The number of carbonyl (C=O) groups is 2. The van der Waals surface area contributed by atoms with E-state index in [0.29, 0.717) is 12.3 Å². The molecule has 0 aliphatic carbocycles. The van der Waals surface area contributed by atoms with E-state index in [1.165, 1.54) is 5.56 Å². The molecule has 0 radical (unpaired) electrons. The van der Waals surface area contributed by atoms with Gasteiger partial charge in [0.05, 0.1) is 13.2 Å². The summed E-state index contributed by atoms with van der Waals surface area (Å²) in [5.41, 5.74) is 1.89. The molecule has 1 rings (SSSR count). The predicted octanol–water partition coefficient (Wildman–Crippen LogP) is 4.83. The fourth-order valence-electron chi connectivity index (χ4n) is 2.19. The molecule has 6 nitrogen and oxygen atoms in total. The zero-order valence-electron chi connectivity index (χ0n) is 14.3. The van der Waals surface area contributed by atoms with E-state index in [9.17, 15) is 9.59 Å².